The van der Waals surface area contributed by atoms with Gasteiger partial charge >= 0.3 is 0 Å². The topological polar surface area (TPSA) is 60.2 Å². The van der Waals surface area contributed by atoms with Gasteiger partial charge in [-0.2, -0.15) is 0 Å². The summed E-state index contributed by atoms with van der Waals surface area (Å²) in [7, 11) is 0. The van der Waals surface area contributed by atoms with Gasteiger partial charge in [-0.25, -0.2) is 9.83 Å². The number of hydrogen-bond donors (Lipinski definition) is 1. The molecular weight excluding hydrogens is 915 g/mol. The molecule has 3 heterocycles. The number of phenolic OH excluding ortho intramolecular Hbond substituents is 1. The van der Waals surface area contributed by atoms with E-state index in [2.05, 4.69) is 245 Å². The largest absolute Gasteiger partial charge is 0.509 e. The minimum Gasteiger partial charge on any atom is -0.509 e. The second kappa shape index (κ2) is 18.0. The van der Waals surface area contributed by atoms with Crippen LogP contribution in [0.25, 0.3) is 94.0 Å². The molecule has 0 aliphatic rings. The molecule has 0 radical (unpaired) electrons. The van der Waals surface area contributed by atoms with Gasteiger partial charge in [-0.15, -0.1) is 0 Å². The molecule has 0 fully saturated rings. The molecule has 1 N–H and O–H groups in total. The molecule has 10 rings (SSSR count). The summed E-state index contributed by atoms with van der Waals surface area (Å²) in [5.74, 6) is 0.613. The predicted octanol–water partition coefficient (Wildman–Crippen LogP) is 18.9. The standard InChI is InChI=1S/C69H71N5O/c1-65(2,3)45-25-28-59-56(38-45)57-40-49(69(13,14)15)39-55(63(57)73(59)51-21-18-17-19-22-51)42-29-30-71-58(34-42)44-31-43(32-46(33-44)66(4,5)6)53-23-20-24-60-62(53)72-64(54-27-26-50(70-16)41-61(54)75)74(60)52-36-47(67(7,8)9)35-48(37-52)68(10,11)12/h17-41,75H,1-15H3. The second-order valence-corrected chi connectivity index (χ2v) is 25.8. The quantitative estimate of drug-likeness (QED) is 0.169. The maximum atomic E-state index is 11.7. The third kappa shape index (κ3) is 9.44. The van der Waals surface area contributed by atoms with Crippen molar-refractivity contribution in [3.05, 3.63) is 191 Å². The molecule has 378 valence electrons. The molecular formula is C69H71N5O. The number of imidazole rings is 1. The molecule has 0 bridgehead atoms. The predicted molar refractivity (Wildman–Crippen MR) is 316 cm³/mol. The number of pyridine rings is 1. The summed E-state index contributed by atoms with van der Waals surface area (Å²) in [6.07, 6.45) is 1.97. The highest BCUT2D eigenvalue weighted by molar-refractivity contribution is 6.14. The first-order valence-electron chi connectivity index (χ1n) is 26.4. The fourth-order valence-corrected chi connectivity index (χ4v) is 10.4. The molecule has 7 aromatic carbocycles. The van der Waals surface area contributed by atoms with Crippen molar-refractivity contribution in [2.75, 3.05) is 0 Å². The number of fused-ring (bicyclic) bond motifs is 4. The first-order chi connectivity index (χ1) is 35.2. The molecule has 6 heteroatoms. The molecule has 0 saturated heterocycles. The summed E-state index contributed by atoms with van der Waals surface area (Å²) in [5, 5.41) is 14.2. The van der Waals surface area contributed by atoms with Crippen molar-refractivity contribution >= 4 is 38.5 Å². The average Bonchev–Trinajstić information content (AvgIpc) is 3.96. The van der Waals surface area contributed by atoms with Crippen LogP contribution < -0.4 is 0 Å². The van der Waals surface area contributed by atoms with E-state index < -0.39 is 0 Å². The first kappa shape index (κ1) is 50.8. The van der Waals surface area contributed by atoms with Crippen molar-refractivity contribution in [2.45, 2.75) is 131 Å². The van der Waals surface area contributed by atoms with Gasteiger partial charge in [-0.3, -0.25) is 9.55 Å². The maximum Gasteiger partial charge on any atom is 0.190 e. The van der Waals surface area contributed by atoms with Crippen LogP contribution in [-0.4, -0.2) is 24.2 Å². The Morgan fingerprint density at radius 1 is 0.440 bits per heavy atom. The normalized spacial score (nSPS) is 12.8. The Balaban J connectivity index is 1.22. The highest BCUT2D eigenvalue weighted by atomic mass is 16.3. The van der Waals surface area contributed by atoms with Gasteiger partial charge in [0.1, 0.15) is 11.6 Å². The van der Waals surface area contributed by atoms with Crippen LogP contribution in [0.15, 0.2) is 152 Å². The minimum absolute atomic E-state index is 0.0108. The lowest BCUT2D eigenvalue weighted by atomic mass is 9.80. The van der Waals surface area contributed by atoms with Gasteiger partial charge < -0.3 is 9.67 Å². The molecule has 0 aliphatic heterocycles. The first-order valence-corrected chi connectivity index (χ1v) is 26.4. The molecule has 0 unspecified atom stereocenters. The van der Waals surface area contributed by atoms with Gasteiger partial charge in [-0.1, -0.05) is 165 Å². The Hall–Kier alpha value is -7.75. The summed E-state index contributed by atoms with van der Waals surface area (Å²) in [4.78, 5) is 14.3. The number of hydrogen-bond acceptors (Lipinski definition) is 3. The molecule has 6 nitrogen and oxygen atoms in total. The van der Waals surface area contributed by atoms with Gasteiger partial charge in [-0.05, 0) is 151 Å². The third-order valence-electron chi connectivity index (χ3n) is 15.0. The molecule has 0 atom stereocenters. The molecule has 10 aromatic rings. The van der Waals surface area contributed by atoms with Crippen LogP contribution in [-0.2, 0) is 27.1 Å². The van der Waals surface area contributed by atoms with E-state index >= 15 is 0 Å². The summed E-state index contributed by atoms with van der Waals surface area (Å²) in [6.45, 7) is 41.8. The van der Waals surface area contributed by atoms with Gasteiger partial charge in [0.15, 0.2) is 5.69 Å². The van der Waals surface area contributed by atoms with Gasteiger partial charge in [0.05, 0.1) is 39.9 Å². The van der Waals surface area contributed by atoms with Crippen LogP contribution in [0.4, 0.5) is 5.69 Å². The molecule has 0 amide bonds. The van der Waals surface area contributed by atoms with E-state index in [4.69, 9.17) is 16.5 Å². The number of nitrogens with zero attached hydrogens (tertiary/aromatic N) is 5. The van der Waals surface area contributed by atoms with Crippen molar-refractivity contribution in [1.29, 1.82) is 0 Å². The van der Waals surface area contributed by atoms with Gasteiger partial charge in [0, 0.05) is 45.0 Å². The monoisotopic (exact) mass is 986 g/mol. The van der Waals surface area contributed by atoms with Crippen LogP contribution in [0.5, 0.6) is 5.75 Å². The van der Waals surface area contributed by atoms with E-state index in [1.807, 2.05) is 12.3 Å². The number of para-hydroxylation sites is 2. The SMILES string of the molecule is [C-]#[N+]c1ccc(-c2nc3c(-c4cc(-c5cc(-c6cc(C(C)(C)C)cc7c8cc(C(C)(C)C)ccc8n(-c8ccccc8)c67)ccn5)cc(C(C)(C)C)c4)cccc3n2-c2cc(C(C)(C)C)cc(C(C)(C)C)c2)c(O)c1. The molecule has 0 spiro atoms. The van der Waals surface area contributed by atoms with E-state index in [1.54, 1.807) is 6.07 Å². The van der Waals surface area contributed by atoms with Crippen molar-refractivity contribution < 1.29 is 5.11 Å². The summed E-state index contributed by atoms with van der Waals surface area (Å²) in [5.41, 5.74) is 18.8. The summed E-state index contributed by atoms with van der Waals surface area (Å²) in [6, 6.07) is 52.3. The lowest BCUT2D eigenvalue weighted by Crippen LogP contribution is -2.17. The molecule has 75 heavy (non-hydrogen) atoms. The molecule has 0 aliphatic carbocycles. The number of rotatable bonds is 6. The van der Waals surface area contributed by atoms with Crippen molar-refractivity contribution in [3.8, 4) is 62.0 Å². The zero-order chi connectivity index (χ0) is 53.7. The summed E-state index contributed by atoms with van der Waals surface area (Å²) >= 11 is 0. The zero-order valence-electron chi connectivity index (χ0n) is 46.6. The van der Waals surface area contributed by atoms with Crippen LogP contribution in [0.1, 0.15) is 132 Å². The van der Waals surface area contributed by atoms with Crippen molar-refractivity contribution in [3.63, 3.8) is 0 Å². The van der Waals surface area contributed by atoms with E-state index in [1.165, 1.54) is 55.7 Å². The lowest BCUT2D eigenvalue weighted by molar-refractivity contribution is 0.477. The van der Waals surface area contributed by atoms with E-state index in [0.717, 1.165) is 55.9 Å². The van der Waals surface area contributed by atoms with Gasteiger partial charge in [0.2, 0.25) is 0 Å². The van der Waals surface area contributed by atoms with Gasteiger partial charge in [0.25, 0.3) is 0 Å². The average molecular weight is 986 g/mol. The number of benzene rings is 7. The summed E-state index contributed by atoms with van der Waals surface area (Å²) < 4.78 is 4.65. The van der Waals surface area contributed by atoms with Crippen LogP contribution in [0, 0.1) is 6.57 Å². The number of aromatic hydroxyl groups is 1. The Labute approximate surface area is 444 Å². The Bertz CT molecular complexity index is 3880. The van der Waals surface area contributed by atoms with Crippen LogP contribution in [0.2, 0.25) is 0 Å². The lowest BCUT2D eigenvalue weighted by Gasteiger charge is -2.27. The fraction of sp³-hybridized carbons (Fsp3) is 0.290. The van der Waals surface area contributed by atoms with Crippen molar-refractivity contribution in [1.82, 2.24) is 19.1 Å². The second-order valence-electron chi connectivity index (χ2n) is 25.8. The highest BCUT2D eigenvalue weighted by Gasteiger charge is 2.28. The zero-order valence-corrected chi connectivity index (χ0v) is 46.6. The highest BCUT2D eigenvalue weighted by Crippen LogP contribution is 2.45. The third-order valence-corrected chi connectivity index (χ3v) is 15.0. The van der Waals surface area contributed by atoms with Crippen LogP contribution in [0.3, 0.4) is 0 Å². The van der Waals surface area contributed by atoms with E-state index in [0.29, 0.717) is 17.1 Å². The van der Waals surface area contributed by atoms with Crippen LogP contribution >= 0.6 is 0 Å². The van der Waals surface area contributed by atoms with E-state index in [9.17, 15) is 5.11 Å². The minimum atomic E-state index is -0.205. The molecule has 0 saturated carbocycles. The Kier molecular flexibility index (Phi) is 12.2. The fourth-order valence-electron chi connectivity index (χ4n) is 10.4. The van der Waals surface area contributed by atoms with E-state index in [-0.39, 0.29) is 32.8 Å². The van der Waals surface area contributed by atoms with Crippen molar-refractivity contribution in [2.24, 2.45) is 0 Å². The maximum absolute atomic E-state index is 11.7. The number of aromatic nitrogens is 4. The Morgan fingerprint density at radius 3 is 1.68 bits per heavy atom. The number of phenols is 1. The molecule has 3 aromatic heterocycles. The Morgan fingerprint density at radius 2 is 1.05 bits per heavy atom. The smallest absolute Gasteiger partial charge is 0.190 e.